The van der Waals surface area contributed by atoms with E-state index >= 15 is 0 Å². The van der Waals surface area contributed by atoms with Gasteiger partial charge in [-0.15, -0.1) is 0 Å². The molecule has 0 N–H and O–H groups in total. The first kappa shape index (κ1) is 13.6. The minimum Gasteiger partial charge on any atom is -0.497 e. The van der Waals surface area contributed by atoms with Crippen LogP contribution in [0.15, 0.2) is 24.3 Å². The van der Waals surface area contributed by atoms with Gasteiger partial charge < -0.3 is 14.0 Å². The van der Waals surface area contributed by atoms with E-state index in [2.05, 4.69) is 0 Å². The van der Waals surface area contributed by atoms with E-state index in [-0.39, 0.29) is 25.0 Å². The van der Waals surface area contributed by atoms with Crippen molar-refractivity contribution in [1.29, 1.82) is 0 Å². The molecule has 2 amide bonds. The smallest absolute Gasteiger partial charge is 0.494 e. The number of amides is 2. The zero-order chi connectivity index (χ0) is 13.8. The fraction of sp³-hybridized carbons (Fsp3) is 0.333. The lowest BCUT2D eigenvalue weighted by Crippen LogP contribution is -2.48. The highest BCUT2D eigenvalue weighted by molar-refractivity contribution is 6.61. The molecule has 0 saturated carbocycles. The fourth-order valence-electron chi connectivity index (χ4n) is 1.63. The predicted octanol–water partition coefficient (Wildman–Crippen LogP) is -0.578. The molecule has 1 aliphatic rings. The third kappa shape index (κ3) is 3.13. The van der Waals surface area contributed by atoms with Crippen LogP contribution < -0.4 is 10.2 Å². The molecule has 100 valence electrons. The van der Waals surface area contributed by atoms with Gasteiger partial charge in [0.25, 0.3) is 11.8 Å². The van der Waals surface area contributed by atoms with Crippen molar-refractivity contribution in [3.05, 3.63) is 24.3 Å². The molecule has 0 aliphatic carbocycles. The van der Waals surface area contributed by atoms with Crippen LogP contribution >= 0.6 is 0 Å². The van der Waals surface area contributed by atoms with Crippen molar-refractivity contribution in [2.75, 3.05) is 27.4 Å². The molecular formula is C12H14BNO5. The Bertz CT molecular complexity index is 456. The molecule has 0 bridgehead atoms. The Morgan fingerprint density at radius 2 is 1.63 bits per heavy atom. The fourth-order valence-corrected chi connectivity index (χ4v) is 1.63. The SMILES string of the molecule is COc1ccc(B2OCC(=O)N(C)C(=O)CO2)cc1. The third-order valence-electron chi connectivity index (χ3n) is 2.85. The summed E-state index contributed by atoms with van der Waals surface area (Å²) in [5.41, 5.74) is 0.728. The molecule has 0 atom stereocenters. The second-order valence-corrected chi connectivity index (χ2v) is 4.07. The van der Waals surface area contributed by atoms with Crippen LogP contribution in [0.25, 0.3) is 0 Å². The van der Waals surface area contributed by atoms with Gasteiger partial charge >= 0.3 is 7.12 Å². The van der Waals surface area contributed by atoms with E-state index < -0.39 is 7.12 Å². The van der Waals surface area contributed by atoms with Crippen LogP contribution in [0.5, 0.6) is 5.75 Å². The Balaban J connectivity index is 2.11. The van der Waals surface area contributed by atoms with E-state index in [0.717, 1.165) is 10.4 Å². The lowest BCUT2D eigenvalue weighted by molar-refractivity contribution is -0.147. The van der Waals surface area contributed by atoms with Gasteiger partial charge in [-0.3, -0.25) is 14.5 Å². The number of rotatable bonds is 2. The zero-order valence-corrected chi connectivity index (χ0v) is 10.8. The highest BCUT2D eigenvalue weighted by Gasteiger charge is 2.29. The number of carbonyl (C=O) groups excluding carboxylic acids is 2. The van der Waals surface area contributed by atoms with Gasteiger partial charge in [0.05, 0.1) is 7.11 Å². The van der Waals surface area contributed by atoms with Crippen LogP contribution in [-0.2, 0) is 18.9 Å². The van der Waals surface area contributed by atoms with Crippen LogP contribution in [0.1, 0.15) is 0 Å². The number of imide groups is 1. The van der Waals surface area contributed by atoms with E-state index in [1.54, 1.807) is 31.4 Å². The van der Waals surface area contributed by atoms with Gasteiger partial charge in [0.2, 0.25) is 0 Å². The summed E-state index contributed by atoms with van der Waals surface area (Å²) in [6.07, 6.45) is 0. The molecule has 2 rings (SSSR count). The second kappa shape index (κ2) is 5.86. The molecular weight excluding hydrogens is 249 g/mol. The van der Waals surface area contributed by atoms with Crippen LogP contribution in [0.4, 0.5) is 0 Å². The Morgan fingerprint density at radius 1 is 1.11 bits per heavy atom. The molecule has 7 heteroatoms. The maximum absolute atomic E-state index is 11.6. The normalized spacial score (nSPS) is 17.2. The summed E-state index contributed by atoms with van der Waals surface area (Å²) in [6.45, 7) is -0.391. The van der Waals surface area contributed by atoms with Crippen LogP contribution in [0, 0.1) is 0 Å². The summed E-state index contributed by atoms with van der Waals surface area (Å²) < 4.78 is 15.8. The van der Waals surface area contributed by atoms with Crippen molar-refractivity contribution in [3.8, 4) is 5.75 Å². The Labute approximate surface area is 111 Å². The molecule has 1 aromatic rings. The standard InChI is InChI=1S/C12H14BNO5/c1-14-11(15)7-18-13(19-8-12(14)16)9-3-5-10(17-2)6-4-9/h3-6H,7-8H2,1-2H3. The van der Waals surface area contributed by atoms with Gasteiger partial charge in [0, 0.05) is 7.05 Å². The van der Waals surface area contributed by atoms with Crippen LogP contribution in [0.3, 0.4) is 0 Å². The van der Waals surface area contributed by atoms with Crippen molar-refractivity contribution >= 4 is 24.4 Å². The van der Waals surface area contributed by atoms with Gasteiger partial charge in [-0.1, -0.05) is 12.1 Å². The highest BCUT2D eigenvalue weighted by atomic mass is 16.6. The van der Waals surface area contributed by atoms with Crippen LogP contribution in [0.2, 0.25) is 0 Å². The van der Waals surface area contributed by atoms with Crippen molar-refractivity contribution in [2.24, 2.45) is 0 Å². The van der Waals surface area contributed by atoms with Gasteiger partial charge in [-0.05, 0) is 17.6 Å². The van der Waals surface area contributed by atoms with Gasteiger partial charge in [0.1, 0.15) is 19.0 Å². The second-order valence-electron chi connectivity index (χ2n) is 4.07. The molecule has 1 heterocycles. The molecule has 6 nitrogen and oxygen atoms in total. The summed E-state index contributed by atoms with van der Waals surface area (Å²) in [6, 6.07) is 7.06. The number of hydrogen-bond donors (Lipinski definition) is 0. The first-order chi connectivity index (χ1) is 9.11. The minimum atomic E-state index is -0.729. The molecule has 0 unspecified atom stereocenters. The predicted molar refractivity (Wildman–Crippen MR) is 68.1 cm³/mol. The molecule has 1 aliphatic heterocycles. The Kier molecular flexibility index (Phi) is 4.18. The van der Waals surface area contributed by atoms with E-state index in [4.69, 9.17) is 14.0 Å². The third-order valence-corrected chi connectivity index (χ3v) is 2.85. The quantitative estimate of drug-likeness (QED) is 0.527. The van der Waals surface area contributed by atoms with Gasteiger partial charge in [0.15, 0.2) is 0 Å². The molecule has 0 spiro atoms. The topological polar surface area (TPSA) is 65.1 Å². The molecule has 1 saturated heterocycles. The van der Waals surface area contributed by atoms with Crippen molar-refractivity contribution in [1.82, 2.24) is 4.90 Å². The number of methoxy groups -OCH3 is 1. The summed E-state index contributed by atoms with van der Waals surface area (Å²) in [4.78, 5) is 24.1. The van der Waals surface area contributed by atoms with E-state index in [0.29, 0.717) is 5.75 Å². The first-order valence-electron chi connectivity index (χ1n) is 5.78. The summed E-state index contributed by atoms with van der Waals surface area (Å²) >= 11 is 0. The van der Waals surface area contributed by atoms with Crippen LogP contribution in [-0.4, -0.2) is 51.2 Å². The molecule has 0 aromatic heterocycles. The summed E-state index contributed by atoms with van der Waals surface area (Å²) in [5, 5.41) is 0. The number of likely N-dealkylation sites (N-methyl/N-ethyl adjacent to an activating group) is 1. The molecule has 1 aromatic carbocycles. The lowest BCUT2D eigenvalue weighted by Gasteiger charge is -2.22. The number of nitrogens with zero attached hydrogens (tertiary/aromatic N) is 1. The van der Waals surface area contributed by atoms with E-state index in [9.17, 15) is 9.59 Å². The monoisotopic (exact) mass is 263 g/mol. The number of carbonyl (C=O) groups is 2. The Morgan fingerprint density at radius 3 is 2.11 bits per heavy atom. The maximum Gasteiger partial charge on any atom is 0.494 e. The van der Waals surface area contributed by atoms with Crippen molar-refractivity contribution in [3.63, 3.8) is 0 Å². The first-order valence-corrected chi connectivity index (χ1v) is 5.78. The van der Waals surface area contributed by atoms with Crippen molar-refractivity contribution in [2.45, 2.75) is 0 Å². The largest absolute Gasteiger partial charge is 0.497 e. The average Bonchev–Trinajstić information content (AvgIpc) is 2.45. The average molecular weight is 263 g/mol. The summed E-state index contributed by atoms with van der Waals surface area (Å²) in [5.74, 6) is -0.0555. The Hall–Kier alpha value is -1.86. The van der Waals surface area contributed by atoms with E-state index in [1.807, 2.05) is 0 Å². The number of benzene rings is 1. The van der Waals surface area contributed by atoms with Crippen molar-refractivity contribution < 1.29 is 23.6 Å². The lowest BCUT2D eigenvalue weighted by atomic mass is 9.78. The van der Waals surface area contributed by atoms with E-state index in [1.165, 1.54) is 7.05 Å². The minimum absolute atomic E-state index is 0.196. The maximum atomic E-state index is 11.6. The molecule has 1 fully saturated rings. The molecule has 19 heavy (non-hydrogen) atoms. The molecule has 0 radical (unpaired) electrons. The number of hydrogen-bond acceptors (Lipinski definition) is 5. The zero-order valence-electron chi connectivity index (χ0n) is 10.8. The summed E-state index contributed by atoms with van der Waals surface area (Å²) in [7, 11) is 2.25. The van der Waals surface area contributed by atoms with Gasteiger partial charge in [-0.25, -0.2) is 0 Å². The highest BCUT2D eigenvalue weighted by Crippen LogP contribution is 2.08. The van der Waals surface area contributed by atoms with Gasteiger partial charge in [-0.2, -0.15) is 0 Å². The number of ether oxygens (including phenoxy) is 1.